The van der Waals surface area contributed by atoms with E-state index in [0.29, 0.717) is 0 Å². The van der Waals surface area contributed by atoms with Gasteiger partial charge in [-0.3, -0.25) is 0 Å². The Morgan fingerprint density at radius 1 is 1.00 bits per heavy atom. The van der Waals surface area contributed by atoms with Crippen molar-refractivity contribution in [3.8, 4) is 0 Å². The summed E-state index contributed by atoms with van der Waals surface area (Å²) in [5.74, 6) is -1.12. The molecule has 6 nitrogen and oxygen atoms in total. The molecule has 0 aliphatic rings. The van der Waals surface area contributed by atoms with Crippen molar-refractivity contribution < 1.29 is 50.4 Å². The third kappa shape index (κ3) is 9.80. The number of carbonyl (C=O) groups is 2. The van der Waals surface area contributed by atoms with E-state index < -0.39 is 37.4 Å². The van der Waals surface area contributed by atoms with Crippen molar-refractivity contribution in [1.82, 2.24) is 0 Å². The first-order chi connectivity index (χ1) is 5.13. The molecule has 0 aliphatic heterocycles. The Labute approximate surface area is 76.4 Å². The number of hydrogen-bond acceptors (Lipinski definition) is 6. The Kier molecular flexibility index (Phi) is 6.38. The molecular weight excluding hydrogens is 345 g/mol. The molecule has 0 heterocycles. The summed E-state index contributed by atoms with van der Waals surface area (Å²) in [7, 11) is 0. The molecule has 0 saturated heterocycles. The molecule has 0 aliphatic carbocycles. The average molecular weight is 351 g/mol. The van der Waals surface area contributed by atoms with Gasteiger partial charge in [-0.05, 0) is 0 Å². The van der Waals surface area contributed by atoms with Crippen molar-refractivity contribution in [2.45, 2.75) is 13.8 Å². The van der Waals surface area contributed by atoms with Gasteiger partial charge in [0.2, 0.25) is 0 Å². The Morgan fingerprint density at radius 3 is 1.64 bits per heavy atom. The van der Waals surface area contributed by atoms with Crippen LogP contribution in [-0.2, 0) is 50.4 Å². The van der Waals surface area contributed by atoms with E-state index in [1.54, 1.807) is 0 Å². The number of carbonyl (C=O) groups excluding carboxylic acids is 2. The zero-order valence-electron chi connectivity index (χ0n) is 6.16. The summed E-state index contributed by atoms with van der Waals surface area (Å²) in [4.78, 5) is 28.3. The van der Waals surface area contributed by atoms with E-state index in [1.807, 2.05) is 0 Å². The molecule has 7 heteroatoms. The molecule has 0 rings (SSSR count). The molecule has 0 saturated carbocycles. The summed E-state index contributed by atoms with van der Waals surface area (Å²) in [6.45, 7) is 2.39. The van der Waals surface area contributed by atoms with Gasteiger partial charge in [0.05, 0.1) is 0 Å². The molecular formula is C4H6HgO6. The molecule has 0 amide bonds. The van der Waals surface area contributed by atoms with Gasteiger partial charge in [-0.2, -0.15) is 0 Å². The van der Waals surface area contributed by atoms with Crippen LogP contribution in [0, 0.1) is 0 Å². The van der Waals surface area contributed by atoms with Crippen LogP contribution in [0.5, 0.6) is 0 Å². The van der Waals surface area contributed by atoms with E-state index in [9.17, 15) is 9.59 Å². The standard InChI is InChI=1S/2C2H4O3.Hg/c2*1-2(3)5-4;/h2*4H,1H3;/q;;+2/p-2. The van der Waals surface area contributed by atoms with Gasteiger partial charge in [-0.15, -0.1) is 0 Å². The topological polar surface area (TPSA) is 71.1 Å². The average Bonchev–Trinajstić information content (AvgIpc) is 1.85. The van der Waals surface area contributed by atoms with Crippen LogP contribution in [0.3, 0.4) is 0 Å². The number of rotatable bonds is 4. The van der Waals surface area contributed by atoms with E-state index in [0.717, 1.165) is 0 Å². The Hall–Kier alpha value is -0.205. The molecule has 0 radical (unpaired) electrons. The third-order valence-corrected chi connectivity index (χ3v) is 2.11. The van der Waals surface area contributed by atoms with Gasteiger partial charge in [0.1, 0.15) is 0 Å². The van der Waals surface area contributed by atoms with E-state index >= 15 is 0 Å². The first-order valence-corrected chi connectivity index (χ1v) is 7.22. The third-order valence-electron chi connectivity index (χ3n) is 0.449. The van der Waals surface area contributed by atoms with Crippen molar-refractivity contribution in [2.24, 2.45) is 0 Å². The van der Waals surface area contributed by atoms with Crippen molar-refractivity contribution in [3.63, 3.8) is 0 Å². The molecule has 60 valence electrons. The predicted molar refractivity (Wildman–Crippen MR) is 25.7 cm³/mol. The molecule has 0 N–H and O–H groups in total. The fourth-order valence-electron chi connectivity index (χ4n) is 0.234. The predicted octanol–water partition coefficient (Wildman–Crippen LogP) is -0.112. The van der Waals surface area contributed by atoms with E-state index in [4.69, 9.17) is 0 Å². The maximum absolute atomic E-state index is 10.1. The van der Waals surface area contributed by atoms with E-state index in [1.165, 1.54) is 13.8 Å². The summed E-state index contributed by atoms with van der Waals surface area (Å²) in [5, 5.41) is 0. The first-order valence-electron chi connectivity index (χ1n) is 2.73. The van der Waals surface area contributed by atoms with Crippen LogP contribution in [0.4, 0.5) is 0 Å². The molecule has 0 aromatic rings. The molecule has 0 aromatic carbocycles. The van der Waals surface area contributed by atoms with Crippen LogP contribution in [0.2, 0.25) is 0 Å². The Bertz CT molecular complexity index is 130. The maximum atomic E-state index is 10.1. The molecule has 0 unspecified atom stereocenters. The van der Waals surface area contributed by atoms with Gasteiger partial charge in [0.25, 0.3) is 0 Å². The fourth-order valence-corrected chi connectivity index (χ4v) is 2.05. The summed E-state index contributed by atoms with van der Waals surface area (Å²) >= 11 is -2.23. The normalized spacial score (nSPS) is 8.18. The van der Waals surface area contributed by atoms with Crippen LogP contribution < -0.4 is 0 Å². The molecule has 0 atom stereocenters. The van der Waals surface area contributed by atoms with Gasteiger partial charge in [0, 0.05) is 0 Å². The SMILES string of the molecule is CC(=O)O[O][Hg][O]OC(C)=O. The van der Waals surface area contributed by atoms with Crippen molar-refractivity contribution in [2.75, 3.05) is 0 Å². The van der Waals surface area contributed by atoms with Gasteiger partial charge in [-0.1, -0.05) is 0 Å². The Balaban J connectivity index is 3.03. The summed E-state index contributed by atoms with van der Waals surface area (Å²) in [6, 6.07) is 0. The van der Waals surface area contributed by atoms with Crippen LogP contribution in [0.15, 0.2) is 0 Å². The first kappa shape index (κ1) is 10.8. The summed E-state index contributed by atoms with van der Waals surface area (Å²) in [5.41, 5.74) is 0. The summed E-state index contributed by atoms with van der Waals surface area (Å²) < 4.78 is 8.64. The van der Waals surface area contributed by atoms with Crippen LogP contribution in [-0.4, -0.2) is 11.9 Å². The van der Waals surface area contributed by atoms with Crippen molar-refractivity contribution in [3.05, 3.63) is 0 Å². The monoisotopic (exact) mass is 352 g/mol. The van der Waals surface area contributed by atoms with Crippen molar-refractivity contribution >= 4 is 11.9 Å². The second kappa shape index (κ2) is 6.50. The van der Waals surface area contributed by atoms with Crippen LogP contribution in [0.1, 0.15) is 13.8 Å². The van der Waals surface area contributed by atoms with E-state index in [-0.39, 0.29) is 0 Å². The quantitative estimate of drug-likeness (QED) is 0.305. The minimum absolute atomic E-state index is 0.559. The van der Waals surface area contributed by atoms with Crippen molar-refractivity contribution in [1.29, 1.82) is 0 Å². The second-order valence-electron chi connectivity index (χ2n) is 1.50. The zero-order valence-corrected chi connectivity index (χ0v) is 11.7. The fraction of sp³-hybridized carbons (Fsp3) is 0.500. The van der Waals surface area contributed by atoms with E-state index in [2.05, 4.69) is 15.4 Å². The number of hydrogen-bond donors (Lipinski definition) is 0. The molecule has 0 fully saturated rings. The van der Waals surface area contributed by atoms with Crippen LogP contribution >= 0.6 is 0 Å². The second-order valence-corrected chi connectivity index (χ2v) is 4.25. The molecule has 11 heavy (non-hydrogen) atoms. The van der Waals surface area contributed by atoms with Gasteiger partial charge >= 0.3 is 76.2 Å². The van der Waals surface area contributed by atoms with Crippen LogP contribution in [0.25, 0.3) is 0 Å². The Morgan fingerprint density at radius 2 is 1.36 bits per heavy atom. The van der Waals surface area contributed by atoms with Gasteiger partial charge in [-0.25, -0.2) is 0 Å². The van der Waals surface area contributed by atoms with Gasteiger partial charge in [0.15, 0.2) is 0 Å². The minimum atomic E-state index is -2.23. The summed E-state index contributed by atoms with van der Waals surface area (Å²) in [6.07, 6.45) is 0. The molecule has 0 bridgehead atoms. The molecule has 0 spiro atoms. The van der Waals surface area contributed by atoms with Gasteiger partial charge < -0.3 is 0 Å². The zero-order chi connectivity index (χ0) is 8.69. The molecule has 0 aromatic heterocycles.